The van der Waals surface area contributed by atoms with Crippen molar-refractivity contribution in [1.29, 1.82) is 0 Å². The molecule has 0 spiro atoms. The summed E-state index contributed by atoms with van der Waals surface area (Å²) in [6.45, 7) is 0.546. The normalized spacial score (nSPS) is 14.1. The standard InChI is InChI=1S/C13H10F2N2O3/c14-7-3-8(15)5-9(4-7)17-11-1-2-20-6-10(11)12(16-17)13(18)19/h3-5H,1-2,6H2,(H,18,19). The fourth-order valence-electron chi connectivity index (χ4n) is 2.28. The van der Waals surface area contributed by atoms with Crippen LogP contribution >= 0.6 is 0 Å². The minimum absolute atomic E-state index is 0.134. The summed E-state index contributed by atoms with van der Waals surface area (Å²) < 4.78 is 33.1. The molecule has 1 aromatic carbocycles. The number of aromatic carboxylic acids is 1. The molecule has 7 heteroatoms. The zero-order valence-corrected chi connectivity index (χ0v) is 10.3. The molecule has 0 aliphatic carbocycles. The molecule has 1 aliphatic rings. The van der Waals surface area contributed by atoms with Crippen molar-refractivity contribution in [2.45, 2.75) is 13.0 Å². The first kappa shape index (κ1) is 12.7. The molecule has 0 amide bonds. The third kappa shape index (κ3) is 2.05. The van der Waals surface area contributed by atoms with E-state index in [2.05, 4.69) is 5.10 Å². The van der Waals surface area contributed by atoms with Crippen molar-refractivity contribution < 1.29 is 23.4 Å². The molecule has 0 bridgehead atoms. The lowest BCUT2D eigenvalue weighted by molar-refractivity contribution is 0.0677. The third-order valence-electron chi connectivity index (χ3n) is 3.11. The zero-order chi connectivity index (χ0) is 14.3. The first-order valence-corrected chi connectivity index (χ1v) is 5.94. The van der Waals surface area contributed by atoms with Crippen LogP contribution in [-0.2, 0) is 17.8 Å². The Labute approximate surface area is 112 Å². The van der Waals surface area contributed by atoms with Gasteiger partial charge in [0.05, 0.1) is 24.6 Å². The van der Waals surface area contributed by atoms with Crippen LogP contribution in [0, 0.1) is 11.6 Å². The molecule has 0 radical (unpaired) electrons. The Bertz CT molecular complexity index is 677. The Kier molecular flexibility index (Phi) is 2.98. The summed E-state index contributed by atoms with van der Waals surface area (Å²) in [7, 11) is 0. The SMILES string of the molecule is O=C(O)c1nn(-c2cc(F)cc(F)c2)c2c1COCC2. The smallest absolute Gasteiger partial charge is 0.356 e. The second-order valence-corrected chi connectivity index (χ2v) is 4.42. The second kappa shape index (κ2) is 4.68. The van der Waals surface area contributed by atoms with E-state index in [1.807, 2.05) is 0 Å². The molecule has 0 fully saturated rings. The van der Waals surface area contributed by atoms with Crippen molar-refractivity contribution in [2.75, 3.05) is 6.61 Å². The molecule has 1 aromatic heterocycles. The van der Waals surface area contributed by atoms with Gasteiger partial charge in [-0.1, -0.05) is 0 Å². The highest BCUT2D eigenvalue weighted by Gasteiger charge is 2.26. The number of aromatic nitrogens is 2. The number of halogens is 2. The number of fused-ring (bicyclic) bond motifs is 1. The molecule has 2 aromatic rings. The molecule has 0 saturated heterocycles. The zero-order valence-electron chi connectivity index (χ0n) is 10.3. The number of carboxylic acids is 1. The van der Waals surface area contributed by atoms with E-state index in [4.69, 9.17) is 9.84 Å². The Morgan fingerprint density at radius 1 is 1.30 bits per heavy atom. The molecular formula is C13H10F2N2O3. The second-order valence-electron chi connectivity index (χ2n) is 4.42. The predicted molar refractivity (Wildman–Crippen MR) is 63.8 cm³/mol. The highest BCUT2D eigenvalue weighted by atomic mass is 19.1. The van der Waals surface area contributed by atoms with Gasteiger partial charge in [-0.25, -0.2) is 18.3 Å². The van der Waals surface area contributed by atoms with Crippen LogP contribution in [0.2, 0.25) is 0 Å². The molecule has 3 rings (SSSR count). The molecule has 20 heavy (non-hydrogen) atoms. The average Bonchev–Trinajstić information content (AvgIpc) is 2.77. The summed E-state index contributed by atoms with van der Waals surface area (Å²) in [6.07, 6.45) is 0.438. The van der Waals surface area contributed by atoms with E-state index >= 15 is 0 Å². The van der Waals surface area contributed by atoms with Crippen LogP contribution in [0.3, 0.4) is 0 Å². The average molecular weight is 280 g/mol. The number of carboxylic acid groups (broad SMARTS) is 1. The molecule has 104 valence electrons. The summed E-state index contributed by atoms with van der Waals surface area (Å²) in [5.74, 6) is -2.68. The Hall–Kier alpha value is -2.28. The highest BCUT2D eigenvalue weighted by molar-refractivity contribution is 5.87. The van der Waals surface area contributed by atoms with Gasteiger partial charge < -0.3 is 9.84 Å². The van der Waals surface area contributed by atoms with E-state index in [-0.39, 0.29) is 18.0 Å². The van der Waals surface area contributed by atoms with Crippen LogP contribution in [0.4, 0.5) is 8.78 Å². The van der Waals surface area contributed by atoms with E-state index in [0.717, 1.165) is 18.2 Å². The van der Waals surface area contributed by atoms with Gasteiger partial charge in [0.1, 0.15) is 11.6 Å². The van der Waals surface area contributed by atoms with Crippen molar-refractivity contribution >= 4 is 5.97 Å². The fourth-order valence-corrected chi connectivity index (χ4v) is 2.28. The fraction of sp³-hybridized carbons (Fsp3) is 0.231. The van der Waals surface area contributed by atoms with Crippen molar-refractivity contribution in [2.24, 2.45) is 0 Å². The van der Waals surface area contributed by atoms with E-state index in [9.17, 15) is 13.6 Å². The molecule has 1 N–H and O–H groups in total. The van der Waals surface area contributed by atoms with Crippen molar-refractivity contribution in [3.8, 4) is 5.69 Å². The Balaban J connectivity index is 2.20. The van der Waals surface area contributed by atoms with Gasteiger partial charge in [-0.2, -0.15) is 5.10 Å². The van der Waals surface area contributed by atoms with Gasteiger partial charge in [-0.05, 0) is 12.1 Å². The number of carbonyl (C=O) groups is 1. The molecule has 5 nitrogen and oxygen atoms in total. The minimum Gasteiger partial charge on any atom is -0.476 e. The summed E-state index contributed by atoms with van der Waals surface area (Å²) in [6, 6.07) is 2.97. The van der Waals surface area contributed by atoms with Crippen molar-refractivity contribution in [3.05, 3.63) is 46.8 Å². The predicted octanol–water partition coefficient (Wildman–Crippen LogP) is 1.92. The number of nitrogens with zero attached hydrogens (tertiary/aromatic N) is 2. The van der Waals surface area contributed by atoms with Crippen LogP contribution in [-0.4, -0.2) is 27.5 Å². The molecule has 1 aliphatic heterocycles. The van der Waals surface area contributed by atoms with Crippen LogP contribution < -0.4 is 0 Å². The summed E-state index contributed by atoms with van der Waals surface area (Å²) in [4.78, 5) is 11.2. The topological polar surface area (TPSA) is 64.3 Å². The molecule has 0 unspecified atom stereocenters. The molecular weight excluding hydrogens is 270 g/mol. The largest absolute Gasteiger partial charge is 0.476 e. The van der Waals surface area contributed by atoms with Crippen LogP contribution in [0.1, 0.15) is 21.7 Å². The summed E-state index contributed by atoms with van der Waals surface area (Å²) in [5.41, 5.74) is 1.07. The van der Waals surface area contributed by atoms with Gasteiger partial charge in [-0.15, -0.1) is 0 Å². The van der Waals surface area contributed by atoms with Crippen LogP contribution in [0.5, 0.6) is 0 Å². The van der Waals surface area contributed by atoms with E-state index < -0.39 is 17.6 Å². The number of hydrogen-bond donors (Lipinski definition) is 1. The van der Waals surface area contributed by atoms with Crippen LogP contribution in [0.25, 0.3) is 5.69 Å². The minimum atomic E-state index is -1.19. The summed E-state index contributed by atoms with van der Waals surface area (Å²) in [5, 5.41) is 13.1. The number of ether oxygens (including phenoxy) is 1. The lowest BCUT2D eigenvalue weighted by atomic mass is 10.1. The van der Waals surface area contributed by atoms with E-state index in [1.165, 1.54) is 4.68 Å². The molecule has 0 saturated carbocycles. The Morgan fingerprint density at radius 3 is 2.65 bits per heavy atom. The van der Waals surface area contributed by atoms with Gasteiger partial charge >= 0.3 is 5.97 Å². The van der Waals surface area contributed by atoms with E-state index in [0.29, 0.717) is 24.3 Å². The first-order chi connectivity index (χ1) is 9.56. The Morgan fingerprint density at radius 2 is 2.00 bits per heavy atom. The first-order valence-electron chi connectivity index (χ1n) is 5.94. The van der Waals surface area contributed by atoms with Gasteiger partial charge in [0.2, 0.25) is 0 Å². The van der Waals surface area contributed by atoms with Crippen LogP contribution in [0.15, 0.2) is 18.2 Å². The maximum Gasteiger partial charge on any atom is 0.356 e. The summed E-state index contributed by atoms with van der Waals surface area (Å²) >= 11 is 0. The third-order valence-corrected chi connectivity index (χ3v) is 3.11. The van der Waals surface area contributed by atoms with Gasteiger partial charge in [0, 0.05) is 18.1 Å². The monoisotopic (exact) mass is 280 g/mol. The quantitative estimate of drug-likeness (QED) is 0.912. The van der Waals surface area contributed by atoms with Gasteiger partial charge in [-0.3, -0.25) is 0 Å². The van der Waals surface area contributed by atoms with Crippen molar-refractivity contribution in [1.82, 2.24) is 9.78 Å². The number of hydrogen-bond acceptors (Lipinski definition) is 3. The lowest BCUT2D eigenvalue weighted by Crippen LogP contribution is -2.13. The maximum atomic E-state index is 13.3. The lowest BCUT2D eigenvalue weighted by Gasteiger charge is -2.14. The molecule has 0 atom stereocenters. The number of rotatable bonds is 2. The van der Waals surface area contributed by atoms with Crippen molar-refractivity contribution in [3.63, 3.8) is 0 Å². The number of benzene rings is 1. The van der Waals surface area contributed by atoms with Gasteiger partial charge in [0.25, 0.3) is 0 Å². The molecule has 2 heterocycles. The highest BCUT2D eigenvalue weighted by Crippen LogP contribution is 2.24. The van der Waals surface area contributed by atoms with E-state index in [1.54, 1.807) is 0 Å². The van der Waals surface area contributed by atoms with Gasteiger partial charge in [0.15, 0.2) is 5.69 Å². The maximum absolute atomic E-state index is 13.3.